The van der Waals surface area contributed by atoms with E-state index in [0.717, 1.165) is 29.7 Å². The minimum atomic E-state index is -0.246. The molecule has 0 bridgehead atoms. The Morgan fingerprint density at radius 2 is 1.89 bits per heavy atom. The van der Waals surface area contributed by atoms with E-state index in [0.29, 0.717) is 0 Å². The van der Waals surface area contributed by atoms with E-state index < -0.39 is 0 Å². The lowest BCUT2D eigenvalue weighted by molar-refractivity contribution is -0.116. The Labute approximate surface area is 109 Å². The maximum Gasteiger partial charge on any atom is 0.225 e. The van der Waals surface area contributed by atoms with Crippen molar-refractivity contribution in [2.45, 2.75) is 40.0 Å². The van der Waals surface area contributed by atoms with Crippen molar-refractivity contribution in [3.8, 4) is 6.07 Å². The average molecular weight is 244 g/mol. The molecule has 1 rings (SSSR count). The zero-order chi connectivity index (χ0) is 13.5. The quantitative estimate of drug-likeness (QED) is 0.864. The van der Waals surface area contributed by atoms with Crippen molar-refractivity contribution in [3.05, 3.63) is 29.3 Å². The zero-order valence-corrected chi connectivity index (χ0v) is 11.3. The lowest BCUT2D eigenvalue weighted by atomic mass is 10.0. The number of hydrogen-bond donors (Lipinski definition) is 1. The van der Waals surface area contributed by atoms with Crippen LogP contribution < -0.4 is 5.32 Å². The maximum absolute atomic E-state index is 11.9. The van der Waals surface area contributed by atoms with Gasteiger partial charge in [-0.15, -0.1) is 0 Å². The molecule has 1 atom stereocenters. The molecular weight excluding hydrogens is 224 g/mol. The fourth-order valence-corrected chi connectivity index (χ4v) is 1.92. The standard InChI is InChI=1S/C15H20N2O/c1-4-12-7-6-8-13(5-2)15(12)17-14(18)9-11(3)10-16/h6-8,11H,4-5,9H2,1-3H3,(H,17,18). The summed E-state index contributed by atoms with van der Waals surface area (Å²) in [6.07, 6.45) is 2.02. The SMILES string of the molecule is CCc1cccc(CC)c1NC(=O)CC(C)C#N. The van der Waals surface area contributed by atoms with E-state index in [1.165, 1.54) is 0 Å². The second kappa shape index (κ2) is 6.80. The van der Waals surface area contributed by atoms with Crippen molar-refractivity contribution >= 4 is 11.6 Å². The van der Waals surface area contributed by atoms with Gasteiger partial charge in [-0.05, 0) is 30.9 Å². The van der Waals surface area contributed by atoms with E-state index in [9.17, 15) is 4.79 Å². The summed E-state index contributed by atoms with van der Waals surface area (Å²) in [5.41, 5.74) is 3.22. The number of nitrogens with zero attached hydrogens (tertiary/aromatic N) is 1. The van der Waals surface area contributed by atoms with Crippen molar-refractivity contribution < 1.29 is 4.79 Å². The van der Waals surface area contributed by atoms with Gasteiger partial charge in [0.2, 0.25) is 5.91 Å². The Morgan fingerprint density at radius 1 is 1.33 bits per heavy atom. The van der Waals surface area contributed by atoms with E-state index in [1.807, 2.05) is 18.2 Å². The molecule has 0 aliphatic rings. The molecule has 0 saturated carbocycles. The van der Waals surface area contributed by atoms with Crippen LogP contribution in [0.15, 0.2) is 18.2 Å². The van der Waals surface area contributed by atoms with Gasteiger partial charge in [0.1, 0.15) is 0 Å². The van der Waals surface area contributed by atoms with Crippen molar-refractivity contribution in [3.63, 3.8) is 0 Å². The summed E-state index contributed by atoms with van der Waals surface area (Å²) < 4.78 is 0. The summed E-state index contributed by atoms with van der Waals surface area (Å²) in [6, 6.07) is 8.16. The first-order valence-electron chi connectivity index (χ1n) is 6.42. The van der Waals surface area contributed by atoms with Gasteiger partial charge in [0.25, 0.3) is 0 Å². The Balaban J connectivity index is 2.89. The third-order valence-electron chi connectivity index (χ3n) is 2.98. The highest BCUT2D eigenvalue weighted by Gasteiger charge is 2.12. The lowest BCUT2D eigenvalue weighted by Gasteiger charge is -2.14. The highest BCUT2D eigenvalue weighted by atomic mass is 16.1. The van der Waals surface area contributed by atoms with Crippen molar-refractivity contribution in [1.29, 1.82) is 5.26 Å². The number of carbonyl (C=O) groups excluding carboxylic acids is 1. The van der Waals surface area contributed by atoms with E-state index in [1.54, 1.807) is 6.92 Å². The molecular formula is C15H20N2O. The summed E-state index contributed by atoms with van der Waals surface area (Å²) in [5, 5.41) is 11.7. The third kappa shape index (κ3) is 3.59. The minimum absolute atomic E-state index is 0.0837. The van der Waals surface area contributed by atoms with Crippen molar-refractivity contribution in [1.82, 2.24) is 0 Å². The molecule has 0 fully saturated rings. The van der Waals surface area contributed by atoms with Crippen LogP contribution in [0.25, 0.3) is 0 Å². The molecule has 0 aliphatic heterocycles. The average Bonchev–Trinajstić information content (AvgIpc) is 2.38. The second-order valence-corrected chi connectivity index (χ2v) is 4.44. The van der Waals surface area contributed by atoms with Crippen LogP contribution in [0.1, 0.15) is 38.3 Å². The fourth-order valence-electron chi connectivity index (χ4n) is 1.92. The van der Waals surface area contributed by atoms with Gasteiger partial charge in [-0.3, -0.25) is 4.79 Å². The van der Waals surface area contributed by atoms with Crippen LogP contribution in [0.5, 0.6) is 0 Å². The van der Waals surface area contributed by atoms with Gasteiger partial charge in [0, 0.05) is 12.1 Å². The highest BCUT2D eigenvalue weighted by molar-refractivity contribution is 5.92. The molecule has 1 unspecified atom stereocenters. The number of nitrogens with one attached hydrogen (secondary N) is 1. The smallest absolute Gasteiger partial charge is 0.225 e. The minimum Gasteiger partial charge on any atom is -0.326 e. The van der Waals surface area contributed by atoms with Gasteiger partial charge < -0.3 is 5.32 Å². The number of carbonyl (C=O) groups is 1. The van der Waals surface area contributed by atoms with Gasteiger partial charge in [-0.1, -0.05) is 32.0 Å². The predicted octanol–water partition coefficient (Wildman–Crippen LogP) is 3.30. The molecule has 1 aromatic carbocycles. The topological polar surface area (TPSA) is 52.9 Å². The summed E-state index contributed by atoms with van der Waals surface area (Å²) >= 11 is 0. The number of hydrogen-bond acceptors (Lipinski definition) is 2. The molecule has 3 nitrogen and oxygen atoms in total. The largest absolute Gasteiger partial charge is 0.326 e. The molecule has 96 valence electrons. The van der Waals surface area contributed by atoms with E-state index >= 15 is 0 Å². The Bertz CT molecular complexity index is 438. The number of amides is 1. The summed E-state index contributed by atoms with van der Waals surface area (Å²) in [7, 11) is 0. The molecule has 18 heavy (non-hydrogen) atoms. The number of nitriles is 1. The van der Waals surface area contributed by atoms with Crippen LogP contribution in [0.2, 0.25) is 0 Å². The van der Waals surface area contributed by atoms with Crippen LogP contribution in [0.4, 0.5) is 5.69 Å². The normalized spacial score (nSPS) is 11.7. The van der Waals surface area contributed by atoms with Crippen molar-refractivity contribution in [2.24, 2.45) is 5.92 Å². The molecule has 1 aromatic rings. The second-order valence-electron chi connectivity index (χ2n) is 4.44. The van der Waals surface area contributed by atoms with E-state index in [2.05, 4.69) is 25.2 Å². The van der Waals surface area contributed by atoms with Gasteiger partial charge in [-0.2, -0.15) is 5.26 Å². The van der Waals surface area contributed by atoms with Crippen LogP contribution in [-0.2, 0) is 17.6 Å². The first kappa shape index (κ1) is 14.2. The van der Waals surface area contributed by atoms with Gasteiger partial charge >= 0.3 is 0 Å². The summed E-state index contributed by atoms with van der Waals surface area (Å²) in [6.45, 7) is 5.90. The molecule has 0 spiro atoms. The fraction of sp³-hybridized carbons (Fsp3) is 0.467. The molecule has 1 N–H and O–H groups in total. The number of anilines is 1. The first-order valence-corrected chi connectivity index (χ1v) is 6.42. The van der Waals surface area contributed by atoms with Crippen LogP contribution in [-0.4, -0.2) is 5.91 Å². The van der Waals surface area contributed by atoms with Gasteiger partial charge in [-0.25, -0.2) is 0 Å². The predicted molar refractivity (Wildman–Crippen MR) is 73.2 cm³/mol. The Hall–Kier alpha value is -1.82. The molecule has 0 heterocycles. The molecule has 3 heteroatoms. The number of aryl methyl sites for hydroxylation is 2. The third-order valence-corrected chi connectivity index (χ3v) is 2.98. The van der Waals surface area contributed by atoms with Gasteiger partial charge in [0.15, 0.2) is 0 Å². The number of rotatable bonds is 5. The Morgan fingerprint density at radius 3 is 2.33 bits per heavy atom. The number of benzene rings is 1. The number of para-hydroxylation sites is 1. The van der Waals surface area contributed by atoms with Crippen molar-refractivity contribution in [2.75, 3.05) is 5.32 Å². The first-order chi connectivity index (χ1) is 8.62. The lowest BCUT2D eigenvalue weighted by Crippen LogP contribution is -2.16. The maximum atomic E-state index is 11.9. The molecule has 0 aromatic heterocycles. The molecule has 1 amide bonds. The summed E-state index contributed by atoms with van der Waals surface area (Å²) in [4.78, 5) is 11.9. The van der Waals surface area contributed by atoms with Crippen LogP contribution >= 0.6 is 0 Å². The van der Waals surface area contributed by atoms with E-state index in [-0.39, 0.29) is 18.2 Å². The highest BCUT2D eigenvalue weighted by Crippen LogP contribution is 2.23. The molecule has 0 saturated heterocycles. The molecule has 0 aliphatic carbocycles. The van der Waals surface area contributed by atoms with Crippen LogP contribution in [0.3, 0.4) is 0 Å². The molecule has 0 radical (unpaired) electrons. The monoisotopic (exact) mass is 244 g/mol. The summed E-state index contributed by atoms with van der Waals surface area (Å²) in [5.74, 6) is -0.330. The Kier molecular flexibility index (Phi) is 5.38. The van der Waals surface area contributed by atoms with E-state index in [4.69, 9.17) is 5.26 Å². The zero-order valence-electron chi connectivity index (χ0n) is 11.3. The van der Waals surface area contributed by atoms with Crippen LogP contribution in [0, 0.1) is 17.2 Å². The van der Waals surface area contributed by atoms with Gasteiger partial charge in [0.05, 0.1) is 12.0 Å².